The van der Waals surface area contributed by atoms with Gasteiger partial charge in [0.15, 0.2) is 0 Å². The van der Waals surface area contributed by atoms with Crippen LogP contribution in [0.4, 0.5) is 5.69 Å². The third-order valence-corrected chi connectivity index (χ3v) is 6.60. The fourth-order valence-corrected chi connectivity index (χ4v) is 4.67. The molecule has 8 nitrogen and oxygen atoms in total. The molecule has 2 aromatic rings. The van der Waals surface area contributed by atoms with E-state index in [0.29, 0.717) is 13.1 Å². The number of hydrogen-bond acceptors (Lipinski definition) is 6. The standard InChI is InChI=1S/C19H22N2O6S/c1-26-17-8-7-14(13-15(17)19(22)23)28(24,25)21-11-9-20(10-12-21)16-5-3-4-6-18(16)27-2/h3-8,13H,9-12H2,1-2H3,(H,22,23). The Morgan fingerprint density at radius 2 is 1.61 bits per heavy atom. The van der Waals surface area contributed by atoms with Crippen LogP contribution in [-0.2, 0) is 10.0 Å². The van der Waals surface area contributed by atoms with Gasteiger partial charge < -0.3 is 19.5 Å². The molecule has 0 atom stereocenters. The van der Waals surface area contributed by atoms with Crippen molar-refractivity contribution in [1.29, 1.82) is 0 Å². The van der Waals surface area contributed by atoms with Crippen molar-refractivity contribution < 1.29 is 27.8 Å². The van der Waals surface area contributed by atoms with Gasteiger partial charge in [0.1, 0.15) is 17.1 Å². The number of sulfonamides is 1. The second kappa shape index (κ2) is 8.07. The third-order valence-electron chi connectivity index (χ3n) is 4.70. The van der Waals surface area contributed by atoms with Gasteiger partial charge in [-0.25, -0.2) is 13.2 Å². The average molecular weight is 406 g/mol. The van der Waals surface area contributed by atoms with Crippen molar-refractivity contribution in [2.75, 3.05) is 45.3 Å². The van der Waals surface area contributed by atoms with E-state index in [1.165, 1.54) is 23.5 Å². The summed E-state index contributed by atoms with van der Waals surface area (Å²) in [7, 11) is -0.867. The van der Waals surface area contributed by atoms with Crippen molar-refractivity contribution in [3.63, 3.8) is 0 Å². The van der Waals surface area contributed by atoms with E-state index in [4.69, 9.17) is 9.47 Å². The van der Waals surface area contributed by atoms with Gasteiger partial charge in [0.25, 0.3) is 0 Å². The van der Waals surface area contributed by atoms with Crippen LogP contribution in [0.25, 0.3) is 0 Å². The van der Waals surface area contributed by atoms with Gasteiger partial charge in [-0.3, -0.25) is 0 Å². The monoisotopic (exact) mass is 406 g/mol. The first-order valence-electron chi connectivity index (χ1n) is 8.68. The normalized spacial score (nSPS) is 15.3. The number of ether oxygens (including phenoxy) is 2. The van der Waals surface area contributed by atoms with Crippen LogP contribution < -0.4 is 14.4 Å². The Hall–Kier alpha value is -2.78. The molecule has 0 saturated carbocycles. The second-order valence-corrected chi connectivity index (χ2v) is 8.17. The molecule has 1 aliphatic heterocycles. The molecule has 0 bridgehead atoms. The van der Waals surface area contributed by atoms with Crippen LogP contribution in [0.5, 0.6) is 11.5 Å². The van der Waals surface area contributed by atoms with Crippen molar-refractivity contribution in [2.24, 2.45) is 0 Å². The Morgan fingerprint density at radius 3 is 2.21 bits per heavy atom. The second-order valence-electron chi connectivity index (χ2n) is 6.23. The maximum Gasteiger partial charge on any atom is 0.339 e. The number of anilines is 1. The van der Waals surface area contributed by atoms with Gasteiger partial charge in [0.05, 0.1) is 24.8 Å². The topological polar surface area (TPSA) is 96.4 Å². The molecule has 0 radical (unpaired) electrons. The molecule has 0 amide bonds. The van der Waals surface area contributed by atoms with Crippen molar-refractivity contribution >= 4 is 21.7 Å². The predicted octanol–water partition coefficient (Wildman–Crippen LogP) is 1.91. The SMILES string of the molecule is COc1ccc(S(=O)(=O)N2CCN(c3ccccc3OC)CC2)cc1C(=O)O. The summed E-state index contributed by atoms with van der Waals surface area (Å²) in [5.74, 6) is -0.387. The molecular formula is C19H22N2O6S. The summed E-state index contributed by atoms with van der Waals surface area (Å²) < 4.78 is 37.7. The molecule has 0 aliphatic carbocycles. The largest absolute Gasteiger partial charge is 0.496 e. The fourth-order valence-electron chi connectivity index (χ4n) is 3.22. The summed E-state index contributed by atoms with van der Waals surface area (Å²) in [6.07, 6.45) is 0. The van der Waals surface area contributed by atoms with Gasteiger partial charge in [-0.2, -0.15) is 4.31 Å². The molecule has 9 heteroatoms. The zero-order chi connectivity index (χ0) is 20.3. The summed E-state index contributed by atoms with van der Waals surface area (Å²) in [5, 5.41) is 9.30. The van der Waals surface area contributed by atoms with Crippen LogP contribution in [-0.4, -0.2) is 64.2 Å². The number of nitrogens with zero attached hydrogens (tertiary/aromatic N) is 2. The lowest BCUT2D eigenvalue weighted by Gasteiger charge is -2.36. The quantitative estimate of drug-likeness (QED) is 0.783. The molecule has 0 spiro atoms. The highest BCUT2D eigenvalue weighted by Crippen LogP contribution is 2.30. The number of para-hydroxylation sites is 2. The molecule has 1 fully saturated rings. The minimum atomic E-state index is -3.81. The number of aromatic carboxylic acids is 1. The van der Waals surface area contributed by atoms with Crippen LogP contribution in [0.2, 0.25) is 0 Å². The lowest BCUT2D eigenvalue weighted by Crippen LogP contribution is -2.48. The number of carbonyl (C=O) groups is 1. The van der Waals surface area contributed by atoms with Gasteiger partial charge in [-0.1, -0.05) is 12.1 Å². The Kier molecular flexibility index (Phi) is 5.76. The van der Waals surface area contributed by atoms with Crippen molar-refractivity contribution in [3.8, 4) is 11.5 Å². The predicted molar refractivity (Wildman–Crippen MR) is 104 cm³/mol. The van der Waals surface area contributed by atoms with Gasteiger partial charge in [0, 0.05) is 26.2 Å². The molecule has 3 rings (SSSR count). The van der Waals surface area contributed by atoms with Crippen LogP contribution in [0.1, 0.15) is 10.4 Å². The minimum absolute atomic E-state index is 0.0589. The summed E-state index contributed by atoms with van der Waals surface area (Å²) in [5.41, 5.74) is 0.732. The minimum Gasteiger partial charge on any atom is -0.496 e. The Balaban J connectivity index is 1.80. The van der Waals surface area contributed by atoms with E-state index in [0.717, 1.165) is 17.5 Å². The van der Waals surface area contributed by atoms with Gasteiger partial charge in [0.2, 0.25) is 10.0 Å². The molecule has 2 aromatic carbocycles. The smallest absolute Gasteiger partial charge is 0.339 e. The van der Waals surface area contributed by atoms with Gasteiger partial charge >= 0.3 is 5.97 Å². The fraction of sp³-hybridized carbons (Fsp3) is 0.316. The Morgan fingerprint density at radius 1 is 0.964 bits per heavy atom. The number of hydrogen-bond donors (Lipinski definition) is 1. The molecule has 1 N–H and O–H groups in total. The number of piperazine rings is 1. The molecule has 0 unspecified atom stereocenters. The van der Waals surface area contributed by atoms with E-state index < -0.39 is 16.0 Å². The first-order valence-corrected chi connectivity index (χ1v) is 10.1. The van der Waals surface area contributed by atoms with Crippen LogP contribution >= 0.6 is 0 Å². The molecule has 1 aliphatic rings. The number of methoxy groups -OCH3 is 2. The summed E-state index contributed by atoms with van der Waals surface area (Å²) >= 11 is 0. The van der Waals surface area contributed by atoms with Crippen LogP contribution in [0.3, 0.4) is 0 Å². The molecule has 28 heavy (non-hydrogen) atoms. The van der Waals surface area contributed by atoms with Gasteiger partial charge in [-0.15, -0.1) is 0 Å². The van der Waals surface area contributed by atoms with E-state index in [1.807, 2.05) is 24.3 Å². The highest BCUT2D eigenvalue weighted by Gasteiger charge is 2.30. The molecule has 1 saturated heterocycles. The van der Waals surface area contributed by atoms with E-state index in [-0.39, 0.29) is 29.3 Å². The third kappa shape index (κ3) is 3.76. The number of rotatable bonds is 6. The Labute approximate surface area is 164 Å². The van der Waals surface area contributed by atoms with Crippen LogP contribution in [0.15, 0.2) is 47.4 Å². The number of carboxylic acid groups (broad SMARTS) is 1. The average Bonchev–Trinajstić information content (AvgIpc) is 2.73. The number of carboxylic acids is 1. The maximum absolute atomic E-state index is 13.0. The van der Waals surface area contributed by atoms with E-state index >= 15 is 0 Å². The summed E-state index contributed by atoms with van der Waals surface area (Å²) in [6, 6.07) is 11.5. The Bertz CT molecular complexity index is 968. The maximum atomic E-state index is 13.0. The highest BCUT2D eigenvalue weighted by molar-refractivity contribution is 7.89. The van der Waals surface area contributed by atoms with Crippen molar-refractivity contribution in [2.45, 2.75) is 4.90 Å². The lowest BCUT2D eigenvalue weighted by atomic mass is 10.2. The summed E-state index contributed by atoms with van der Waals surface area (Å²) in [6.45, 7) is 1.58. The molecule has 1 heterocycles. The molecule has 0 aromatic heterocycles. The zero-order valence-corrected chi connectivity index (χ0v) is 16.5. The number of benzene rings is 2. The van der Waals surface area contributed by atoms with E-state index in [1.54, 1.807) is 7.11 Å². The van der Waals surface area contributed by atoms with E-state index in [9.17, 15) is 18.3 Å². The molecule has 150 valence electrons. The van der Waals surface area contributed by atoms with Gasteiger partial charge in [-0.05, 0) is 30.3 Å². The molecular weight excluding hydrogens is 384 g/mol. The zero-order valence-electron chi connectivity index (χ0n) is 15.7. The van der Waals surface area contributed by atoms with E-state index in [2.05, 4.69) is 4.90 Å². The first kappa shape index (κ1) is 20.0. The van der Waals surface area contributed by atoms with Crippen molar-refractivity contribution in [1.82, 2.24) is 4.31 Å². The first-order chi connectivity index (χ1) is 13.4. The van der Waals surface area contributed by atoms with Crippen molar-refractivity contribution in [3.05, 3.63) is 48.0 Å². The highest BCUT2D eigenvalue weighted by atomic mass is 32.2. The lowest BCUT2D eigenvalue weighted by molar-refractivity contribution is 0.0693. The van der Waals surface area contributed by atoms with Crippen LogP contribution in [0, 0.1) is 0 Å². The summed E-state index contributed by atoms with van der Waals surface area (Å²) in [4.78, 5) is 13.4.